The third-order valence-corrected chi connectivity index (χ3v) is 5.86. The molecule has 0 bridgehead atoms. The number of sulfonamides is 1. The lowest BCUT2D eigenvalue weighted by atomic mass is 10.2. The summed E-state index contributed by atoms with van der Waals surface area (Å²) >= 11 is 3.34. The van der Waals surface area contributed by atoms with Crippen molar-refractivity contribution in [2.45, 2.75) is 11.4 Å². The Bertz CT molecular complexity index is 912. The van der Waals surface area contributed by atoms with E-state index in [1.807, 2.05) is 54.6 Å². The molecule has 0 atom stereocenters. The van der Waals surface area contributed by atoms with Crippen molar-refractivity contribution in [1.29, 1.82) is 0 Å². The molecule has 3 aromatic carbocycles. The molecule has 0 heterocycles. The van der Waals surface area contributed by atoms with Crippen LogP contribution in [-0.4, -0.2) is 8.42 Å². The van der Waals surface area contributed by atoms with Crippen molar-refractivity contribution in [2.75, 3.05) is 4.31 Å². The first-order valence-corrected chi connectivity index (χ1v) is 9.68. The van der Waals surface area contributed by atoms with Gasteiger partial charge in [0, 0.05) is 4.47 Å². The smallest absolute Gasteiger partial charge is 0.262 e. The van der Waals surface area contributed by atoms with Gasteiger partial charge in [0.25, 0.3) is 10.0 Å². The highest BCUT2D eigenvalue weighted by atomic mass is 79.9. The summed E-state index contributed by atoms with van der Waals surface area (Å²) < 4.78 is 28.6. The average Bonchev–Trinajstić information content (AvgIpc) is 2.61. The van der Waals surface area contributed by atoms with Gasteiger partial charge in [0.05, 0.1) is 17.1 Å². The van der Waals surface area contributed by atoms with E-state index in [4.69, 9.17) is 0 Å². The van der Waals surface area contributed by atoms with Crippen LogP contribution in [0.3, 0.4) is 0 Å². The van der Waals surface area contributed by atoms with E-state index in [-0.39, 0.29) is 11.4 Å². The Labute approximate surface area is 150 Å². The van der Waals surface area contributed by atoms with Gasteiger partial charge >= 0.3 is 0 Å². The van der Waals surface area contributed by atoms with Gasteiger partial charge in [-0.3, -0.25) is 4.31 Å². The van der Waals surface area contributed by atoms with Gasteiger partial charge in [0.2, 0.25) is 0 Å². The van der Waals surface area contributed by atoms with Crippen LogP contribution in [-0.2, 0) is 16.6 Å². The number of halogens is 1. The predicted octanol–water partition coefficient (Wildman–Crippen LogP) is 4.84. The van der Waals surface area contributed by atoms with Crippen LogP contribution in [0.4, 0.5) is 5.69 Å². The van der Waals surface area contributed by atoms with Gasteiger partial charge in [0.15, 0.2) is 0 Å². The van der Waals surface area contributed by atoms with Crippen molar-refractivity contribution in [2.24, 2.45) is 0 Å². The van der Waals surface area contributed by atoms with Crippen LogP contribution in [0.15, 0.2) is 94.3 Å². The van der Waals surface area contributed by atoms with Crippen molar-refractivity contribution in [1.82, 2.24) is 0 Å². The van der Waals surface area contributed by atoms with E-state index in [2.05, 4.69) is 15.9 Å². The molecule has 0 amide bonds. The molecule has 0 spiro atoms. The fourth-order valence-corrected chi connectivity index (χ4v) is 4.46. The molecule has 0 aliphatic carbocycles. The molecule has 0 aliphatic heterocycles. The maximum atomic E-state index is 13.2. The summed E-state index contributed by atoms with van der Waals surface area (Å²) in [6, 6.07) is 25.5. The number of benzene rings is 3. The number of hydrogen-bond acceptors (Lipinski definition) is 2. The number of hydrogen-bond donors (Lipinski definition) is 0. The molecule has 0 aromatic heterocycles. The number of rotatable bonds is 5. The highest BCUT2D eigenvalue weighted by molar-refractivity contribution is 9.10. The first-order chi connectivity index (χ1) is 11.6. The van der Waals surface area contributed by atoms with Crippen LogP contribution in [0.1, 0.15) is 5.56 Å². The van der Waals surface area contributed by atoms with E-state index in [0.717, 1.165) is 10.0 Å². The van der Waals surface area contributed by atoms with Gasteiger partial charge < -0.3 is 0 Å². The van der Waals surface area contributed by atoms with Crippen molar-refractivity contribution < 1.29 is 8.42 Å². The van der Waals surface area contributed by atoms with Gasteiger partial charge in [0.1, 0.15) is 0 Å². The molecule has 122 valence electrons. The van der Waals surface area contributed by atoms with Crippen LogP contribution < -0.4 is 4.31 Å². The van der Waals surface area contributed by atoms with Crippen molar-refractivity contribution in [3.05, 3.63) is 95.0 Å². The molecule has 0 N–H and O–H groups in total. The average molecular weight is 402 g/mol. The minimum absolute atomic E-state index is 0.261. The van der Waals surface area contributed by atoms with Crippen molar-refractivity contribution in [3.63, 3.8) is 0 Å². The van der Waals surface area contributed by atoms with Crippen molar-refractivity contribution >= 4 is 31.6 Å². The summed E-state index contributed by atoms with van der Waals surface area (Å²) in [5, 5.41) is 0. The minimum Gasteiger partial charge on any atom is -0.262 e. The molecular formula is C19H16BrNO2S. The zero-order valence-corrected chi connectivity index (χ0v) is 15.2. The molecule has 0 aliphatic rings. The highest BCUT2D eigenvalue weighted by Crippen LogP contribution is 2.27. The Hall–Kier alpha value is -2.11. The van der Waals surface area contributed by atoms with Crippen LogP contribution in [0.2, 0.25) is 0 Å². The van der Waals surface area contributed by atoms with E-state index in [9.17, 15) is 8.42 Å². The molecule has 24 heavy (non-hydrogen) atoms. The molecule has 0 saturated carbocycles. The van der Waals surface area contributed by atoms with Crippen LogP contribution >= 0.6 is 15.9 Å². The molecule has 0 radical (unpaired) electrons. The lowest BCUT2D eigenvalue weighted by Gasteiger charge is -2.24. The summed E-state index contributed by atoms with van der Waals surface area (Å²) in [7, 11) is -3.67. The highest BCUT2D eigenvalue weighted by Gasteiger charge is 2.25. The quantitative estimate of drug-likeness (QED) is 0.612. The van der Waals surface area contributed by atoms with E-state index < -0.39 is 10.0 Å². The summed E-state index contributed by atoms with van der Waals surface area (Å²) in [6.07, 6.45) is 0. The Morgan fingerprint density at radius 2 is 1.42 bits per heavy atom. The largest absolute Gasteiger partial charge is 0.264 e. The summed E-state index contributed by atoms with van der Waals surface area (Å²) in [5.41, 5.74) is 1.57. The SMILES string of the molecule is O=S(=O)(c1cccc(Br)c1)N(Cc1ccccc1)c1ccccc1. The lowest BCUT2D eigenvalue weighted by molar-refractivity contribution is 0.590. The van der Waals surface area contributed by atoms with Crippen molar-refractivity contribution in [3.8, 4) is 0 Å². The Morgan fingerprint density at radius 1 is 0.792 bits per heavy atom. The maximum Gasteiger partial charge on any atom is 0.264 e. The van der Waals surface area contributed by atoms with E-state index in [0.29, 0.717) is 5.69 Å². The maximum absolute atomic E-state index is 13.2. The van der Waals surface area contributed by atoms with Gasteiger partial charge in [-0.2, -0.15) is 0 Å². The zero-order chi connectivity index (χ0) is 17.0. The summed E-state index contributed by atoms with van der Waals surface area (Å²) in [4.78, 5) is 0.261. The standard InChI is InChI=1S/C19H16BrNO2S/c20-17-10-7-13-19(14-17)24(22,23)21(18-11-5-2-6-12-18)15-16-8-3-1-4-9-16/h1-14H,15H2. The fraction of sp³-hybridized carbons (Fsp3) is 0.0526. The molecule has 5 heteroatoms. The third-order valence-electron chi connectivity index (χ3n) is 3.60. The molecule has 0 unspecified atom stereocenters. The fourth-order valence-electron chi connectivity index (χ4n) is 2.41. The van der Waals surface area contributed by atoms with Gasteiger partial charge in [-0.15, -0.1) is 0 Å². The van der Waals surface area contributed by atoms with Gasteiger partial charge in [-0.1, -0.05) is 70.5 Å². The predicted molar refractivity (Wildman–Crippen MR) is 100 cm³/mol. The van der Waals surface area contributed by atoms with Gasteiger partial charge in [-0.05, 0) is 35.9 Å². The number of anilines is 1. The second-order valence-corrected chi connectivity index (χ2v) is 8.07. The van der Waals surface area contributed by atoms with Crippen LogP contribution in [0, 0.1) is 0 Å². The summed E-state index contributed by atoms with van der Waals surface area (Å²) in [6.45, 7) is 0.277. The molecule has 0 saturated heterocycles. The van der Waals surface area contributed by atoms with Crippen LogP contribution in [0.5, 0.6) is 0 Å². The molecule has 0 fully saturated rings. The van der Waals surface area contributed by atoms with E-state index in [1.54, 1.807) is 30.3 Å². The number of nitrogens with zero attached hydrogens (tertiary/aromatic N) is 1. The second-order valence-electron chi connectivity index (χ2n) is 5.29. The van der Waals surface area contributed by atoms with Gasteiger partial charge in [-0.25, -0.2) is 8.42 Å². The molecule has 3 rings (SSSR count). The zero-order valence-electron chi connectivity index (χ0n) is 12.8. The first-order valence-electron chi connectivity index (χ1n) is 7.45. The monoisotopic (exact) mass is 401 g/mol. The minimum atomic E-state index is -3.67. The first kappa shape index (κ1) is 16.7. The Morgan fingerprint density at radius 3 is 2.04 bits per heavy atom. The normalized spacial score (nSPS) is 11.2. The third kappa shape index (κ3) is 3.68. The summed E-state index contributed by atoms with van der Waals surface area (Å²) in [5.74, 6) is 0. The van der Waals surface area contributed by atoms with E-state index >= 15 is 0 Å². The molecule has 3 aromatic rings. The van der Waals surface area contributed by atoms with E-state index in [1.165, 1.54) is 4.31 Å². The topological polar surface area (TPSA) is 37.4 Å². The second kappa shape index (κ2) is 7.20. The Balaban J connectivity index is 2.07. The molecule has 3 nitrogen and oxygen atoms in total. The van der Waals surface area contributed by atoms with Crippen LogP contribution in [0.25, 0.3) is 0 Å². The lowest BCUT2D eigenvalue weighted by Crippen LogP contribution is -2.30. The number of para-hydroxylation sites is 1. The Kier molecular flexibility index (Phi) is 5.02. The molecular weight excluding hydrogens is 386 g/mol.